The maximum absolute atomic E-state index is 10.8. The lowest BCUT2D eigenvalue weighted by molar-refractivity contribution is -0.139. The molecule has 0 radical (unpaired) electrons. The van der Waals surface area contributed by atoms with Crippen molar-refractivity contribution in [2.45, 2.75) is 26.4 Å². The fourth-order valence-corrected chi connectivity index (χ4v) is 1.78. The van der Waals surface area contributed by atoms with Gasteiger partial charge in [0.1, 0.15) is 0 Å². The average molecular weight is 275 g/mol. The summed E-state index contributed by atoms with van der Waals surface area (Å²) in [5.41, 5.74) is 0.848. The lowest BCUT2D eigenvalue weighted by Crippen LogP contribution is -2.35. The number of carbonyl (C=O) groups is 1. The maximum atomic E-state index is 10.8. The van der Waals surface area contributed by atoms with Gasteiger partial charge in [0, 0.05) is 11.6 Å². The minimum Gasteiger partial charge on any atom is -0.480 e. The first-order valence-electron chi connectivity index (χ1n) is 6.40. The molecule has 6 nitrogen and oxygen atoms in total. The number of nitrogens with zero attached hydrogens (tertiary/aromatic N) is 3. The molecule has 1 heterocycles. The summed E-state index contributed by atoms with van der Waals surface area (Å²) in [4.78, 5) is 12.6. The maximum Gasteiger partial charge on any atom is 0.317 e. The van der Waals surface area contributed by atoms with E-state index < -0.39 is 5.97 Å². The van der Waals surface area contributed by atoms with Gasteiger partial charge in [0.2, 0.25) is 11.8 Å². The highest BCUT2D eigenvalue weighted by atomic mass is 16.4. The zero-order valence-electron chi connectivity index (χ0n) is 11.5. The molecule has 6 heteroatoms. The summed E-state index contributed by atoms with van der Waals surface area (Å²) in [6.45, 7) is 4.12. The van der Waals surface area contributed by atoms with Gasteiger partial charge in [-0.05, 0) is 26.0 Å². The van der Waals surface area contributed by atoms with Crippen LogP contribution in [0.1, 0.15) is 19.7 Å². The monoisotopic (exact) mass is 275 g/mol. The zero-order chi connectivity index (χ0) is 14.5. The number of rotatable bonds is 6. The summed E-state index contributed by atoms with van der Waals surface area (Å²) in [6, 6.07) is 9.55. The minimum atomic E-state index is -0.874. The van der Waals surface area contributed by atoms with E-state index in [9.17, 15) is 4.79 Å². The zero-order valence-corrected chi connectivity index (χ0v) is 11.5. The first-order chi connectivity index (χ1) is 9.56. The lowest BCUT2D eigenvalue weighted by atomic mass is 10.2. The lowest BCUT2D eigenvalue weighted by Gasteiger charge is -2.22. The molecular weight excluding hydrogens is 258 g/mol. The smallest absolute Gasteiger partial charge is 0.317 e. The minimum absolute atomic E-state index is 0.0548. The fraction of sp³-hybridized carbons (Fsp3) is 0.357. The Morgan fingerprint density at radius 3 is 2.60 bits per heavy atom. The van der Waals surface area contributed by atoms with E-state index in [0.29, 0.717) is 18.3 Å². The van der Waals surface area contributed by atoms with Crippen LogP contribution in [0.2, 0.25) is 0 Å². The van der Waals surface area contributed by atoms with Crippen LogP contribution in [0.4, 0.5) is 0 Å². The molecule has 0 aliphatic heterocycles. The molecule has 0 aliphatic rings. The van der Waals surface area contributed by atoms with Gasteiger partial charge in [-0.15, -0.1) is 10.2 Å². The van der Waals surface area contributed by atoms with E-state index in [-0.39, 0.29) is 12.6 Å². The Morgan fingerprint density at radius 1 is 1.30 bits per heavy atom. The molecule has 0 aliphatic carbocycles. The van der Waals surface area contributed by atoms with E-state index in [0.717, 1.165) is 5.56 Å². The van der Waals surface area contributed by atoms with E-state index in [4.69, 9.17) is 9.52 Å². The second-order valence-electron chi connectivity index (χ2n) is 4.76. The van der Waals surface area contributed by atoms with Gasteiger partial charge in [-0.1, -0.05) is 18.2 Å². The Hall–Kier alpha value is -2.21. The third-order valence-corrected chi connectivity index (χ3v) is 2.89. The molecule has 0 saturated heterocycles. The number of hydrogen-bond acceptors (Lipinski definition) is 5. The second kappa shape index (κ2) is 6.29. The third-order valence-electron chi connectivity index (χ3n) is 2.89. The van der Waals surface area contributed by atoms with Crippen molar-refractivity contribution < 1.29 is 14.3 Å². The second-order valence-corrected chi connectivity index (χ2v) is 4.76. The van der Waals surface area contributed by atoms with Gasteiger partial charge in [-0.2, -0.15) is 0 Å². The summed E-state index contributed by atoms with van der Waals surface area (Å²) in [5, 5.41) is 16.8. The van der Waals surface area contributed by atoms with E-state index in [1.165, 1.54) is 0 Å². The number of benzene rings is 1. The summed E-state index contributed by atoms with van der Waals surface area (Å²) < 4.78 is 5.58. The van der Waals surface area contributed by atoms with Crippen LogP contribution in [-0.4, -0.2) is 38.8 Å². The molecule has 1 N–H and O–H groups in total. The molecule has 0 saturated carbocycles. The molecule has 20 heavy (non-hydrogen) atoms. The van der Waals surface area contributed by atoms with Crippen molar-refractivity contribution in [3.63, 3.8) is 0 Å². The van der Waals surface area contributed by atoms with Crippen LogP contribution >= 0.6 is 0 Å². The predicted octanol–water partition coefficient (Wildman–Crippen LogP) is 2.03. The van der Waals surface area contributed by atoms with Crippen LogP contribution in [0, 0.1) is 0 Å². The summed E-state index contributed by atoms with van der Waals surface area (Å²) >= 11 is 0. The molecule has 0 atom stereocenters. The molecule has 0 spiro atoms. The molecule has 0 fully saturated rings. The Morgan fingerprint density at radius 2 is 2.00 bits per heavy atom. The molecule has 106 valence electrons. The van der Waals surface area contributed by atoms with Crippen molar-refractivity contribution in [3.05, 3.63) is 36.2 Å². The first kappa shape index (κ1) is 14.2. The molecule has 1 aromatic heterocycles. The van der Waals surface area contributed by atoms with E-state index in [2.05, 4.69) is 10.2 Å². The highest BCUT2D eigenvalue weighted by Gasteiger charge is 2.17. The highest BCUT2D eigenvalue weighted by molar-refractivity contribution is 5.69. The molecule has 0 bridgehead atoms. The van der Waals surface area contributed by atoms with Gasteiger partial charge in [-0.25, -0.2) is 0 Å². The van der Waals surface area contributed by atoms with Gasteiger partial charge < -0.3 is 9.52 Å². The Labute approximate surface area is 117 Å². The first-order valence-corrected chi connectivity index (χ1v) is 6.40. The number of carboxylic acid groups (broad SMARTS) is 1. The molecule has 2 rings (SSSR count). The van der Waals surface area contributed by atoms with E-state index in [1.54, 1.807) is 4.90 Å². The average Bonchev–Trinajstić information content (AvgIpc) is 2.87. The summed E-state index contributed by atoms with van der Waals surface area (Å²) in [7, 11) is 0. The molecule has 0 unspecified atom stereocenters. The number of aromatic nitrogens is 2. The predicted molar refractivity (Wildman–Crippen MR) is 72.9 cm³/mol. The van der Waals surface area contributed by atoms with Gasteiger partial charge in [0.05, 0.1) is 13.1 Å². The Balaban J connectivity index is 2.10. The van der Waals surface area contributed by atoms with Crippen LogP contribution in [0.3, 0.4) is 0 Å². The van der Waals surface area contributed by atoms with Gasteiger partial charge in [0.15, 0.2) is 0 Å². The van der Waals surface area contributed by atoms with Crippen molar-refractivity contribution in [2.24, 2.45) is 0 Å². The Kier molecular flexibility index (Phi) is 4.47. The van der Waals surface area contributed by atoms with Gasteiger partial charge >= 0.3 is 5.97 Å². The molecular formula is C14H17N3O3. The molecule has 1 aromatic carbocycles. The van der Waals surface area contributed by atoms with Gasteiger partial charge in [0.25, 0.3) is 0 Å². The van der Waals surface area contributed by atoms with Crippen LogP contribution in [0.5, 0.6) is 0 Å². The van der Waals surface area contributed by atoms with Gasteiger partial charge in [-0.3, -0.25) is 9.69 Å². The van der Waals surface area contributed by atoms with E-state index >= 15 is 0 Å². The fourth-order valence-electron chi connectivity index (χ4n) is 1.78. The van der Waals surface area contributed by atoms with Crippen molar-refractivity contribution in [1.29, 1.82) is 0 Å². The summed E-state index contributed by atoms with van der Waals surface area (Å²) in [6.07, 6.45) is 0. The van der Waals surface area contributed by atoms with Crippen LogP contribution in [-0.2, 0) is 11.3 Å². The Bertz CT molecular complexity index is 566. The SMILES string of the molecule is CC(C)N(CC(=O)O)Cc1nnc(-c2ccccc2)o1. The quantitative estimate of drug-likeness (QED) is 0.869. The molecule has 2 aromatic rings. The van der Waals surface area contributed by atoms with Crippen molar-refractivity contribution in [3.8, 4) is 11.5 Å². The van der Waals surface area contributed by atoms with Crippen molar-refractivity contribution >= 4 is 5.97 Å². The topological polar surface area (TPSA) is 79.5 Å². The van der Waals surface area contributed by atoms with E-state index in [1.807, 2.05) is 44.2 Å². The normalized spacial score (nSPS) is 11.2. The van der Waals surface area contributed by atoms with Crippen molar-refractivity contribution in [1.82, 2.24) is 15.1 Å². The molecule has 0 amide bonds. The number of carboxylic acids is 1. The van der Waals surface area contributed by atoms with Crippen molar-refractivity contribution in [2.75, 3.05) is 6.54 Å². The standard InChI is InChI=1S/C14H17N3O3/c1-10(2)17(9-13(18)19)8-12-15-16-14(20-12)11-6-4-3-5-7-11/h3-7,10H,8-9H2,1-2H3,(H,18,19). The van der Waals surface area contributed by atoms with Crippen LogP contribution in [0.25, 0.3) is 11.5 Å². The number of hydrogen-bond donors (Lipinski definition) is 1. The van der Waals surface area contributed by atoms with Crippen LogP contribution in [0.15, 0.2) is 34.7 Å². The third kappa shape index (κ3) is 3.64. The highest BCUT2D eigenvalue weighted by Crippen LogP contribution is 2.18. The largest absolute Gasteiger partial charge is 0.480 e. The van der Waals surface area contributed by atoms with Crippen LogP contribution < -0.4 is 0 Å². The summed E-state index contributed by atoms with van der Waals surface area (Å²) in [5.74, 6) is -0.0140. The number of aliphatic carboxylic acids is 1.